The second kappa shape index (κ2) is 10.6. The van der Waals surface area contributed by atoms with Gasteiger partial charge in [-0.1, -0.05) is 17.8 Å². The van der Waals surface area contributed by atoms with Crippen LogP contribution in [0, 0.1) is 13.8 Å². The molecule has 0 atom stereocenters. The molecule has 0 saturated carbocycles. The van der Waals surface area contributed by atoms with Gasteiger partial charge in [-0.25, -0.2) is 4.79 Å². The largest absolute Gasteiger partial charge is 0.486 e. The maximum atomic E-state index is 12.7. The third-order valence-corrected chi connectivity index (χ3v) is 7.70. The second-order valence-corrected chi connectivity index (χ2v) is 10.2. The predicted octanol–water partition coefficient (Wildman–Crippen LogP) is 4.47. The summed E-state index contributed by atoms with van der Waals surface area (Å²) in [6.45, 7) is 6.42. The average Bonchev–Trinajstić information content (AvgIpc) is 3.45. The van der Waals surface area contributed by atoms with Crippen molar-refractivity contribution >= 4 is 40.0 Å². The van der Waals surface area contributed by atoms with Crippen LogP contribution in [0.3, 0.4) is 0 Å². The zero-order chi connectivity index (χ0) is 24.2. The molecular weight excluding hydrogens is 472 g/mol. The highest BCUT2D eigenvalue weighted by Gasteiger charge is 2.28. The van der Waals surface area contributed by atoms with Gasteiger partial charge in [0.1, 0.15) is 17.4 Å². The SMILES string of the molecule is CCOC(=O)c1c(NC(=O)CSc2nnc(COc3cc(C)cc(C)c3)n2C)sc2c1CCC2. The van der Waals surface area contributed by atoms with Crippen LogP contribution in [0.25, 0.3) is 0 Å². The molecule has 1 aliphatic rings. The topological polar surface area (TPSA) is 95.3 Å². The van der Waals surface area contributed by atoms with Gasteiger partial charge < -0.3 is 19.4 Å². The number of carbonyl (C=O) groups is 2. The zero-order valence-corrected chi connectivity index (χ0v) is 21.4. The lowest BCUT2D eigenvalue weighted by atomic mass is 10.1. The standard InChI is InChI=1S/C24H28N4O4S2/c1-5-31-23(30)21-17-7-6-8-18(17)34-22(21)25-20(29)13-33-24-27-26-19(28(24)4)12-32-16-10-14(2)9-15(3)11-16/h9-11H,5-8,12-13H2,1-4H3,(H,25,29). The Kier molecular flexibility index (Phi) is 7.57. The molecule has 8 nitrogen and oxygen atoms in total. The molecule has 1 aromatic carbocycles. The number of amides is 1. The van der Waals surface area contributed by atoms with Crippen molar-refractivity contribution < 1.29 is 19.1 Å². The van der Waals surface area contributed by atoms with Crippen molar-refractivity contribution in [3.8, 4) is 5.75 Å². The quantitative estimate of drug-likeness (QED) is 0.342. The summed E-state index contributed by atoms with van der Waals surface area (Å²) < 4.78 is 12.9. The number of benzene rings is 1. The van der Waals surface area contributed by atoms with Gasteiger partial charge in [0.2, 0.25) is 5.91 Å². The Labute approximate surface area is 207 Å². The lowest BCUT2D eigenvalue weighted by Gasteiger charge is -2.09. The zero-order valence-electron chi connectivity index (χ0n) is 19.8. The van der Waals surface area contributed by atoms with E-state index in [4.69, 9.17) is 9.47 Å². The first-order valence-corrected chi connectivity index (χ1v) is 13.0. The van der Waals surface area contributed by atoms with Gasteiger partial charge in [0, 0.05) is 11.9 Å². The maximum Gasteiger partial charge on any atom is 0.341 e. The lowest BCUT2D eigenvalue weighted by Crippen LogP contribution is -2.17. The van der Waals surface area contributed by atoms with Gasteiger partial charge in [-0.05, 0) is 68.9 Å². The van der Waals surface area contributed by atoms with Crippen molar-refractivity contribution in [2.75, 3.05) is 17.7 Å². The smallest absolute Gasteiger partial charge is 0.341 e. The minimum Gasteiger partial charge on any atom is -0.486 e. The fourth-order valence-corrected chi connectivity index (χ4v) is 5.99. The number of rotatable bonds is 9. The molecule has 4 rings (SSSR count). The van der Waals surface area contributed by atoms with Crippen molar-refractivity contribution in [3.63, 3.8) is 0 Å². The average molecular weight is 501 g/mol. The highest BCUT2D eigenvalue weighted by atomic mass is 32.2. The summed E-state index contributed by atoms with van der Waals surface area (Å²) >= 11 is 2.76. The van der Waals surface area contributed by atoms with E-state index in [1.54, 1.807) is 6.92 Å². The molecule has 10 heteroatoms. The van der Waals surface area contributed by atoms with Crippen molar-refractivity contribution in [1.82, 2.24) is 14.8 Å². The molecular formula is C24H28N4O4S2. The number of carbonyl (C=O) groups excluding carboxylic acids is 2. The van der Waals surface area contributed by atoms with Crippen LogP contribution in [0.1, 0.15) is 51.1 Å². The van der Waals surface area contributed by atoms with Crippen LogP contribution in [0.2, 0.25) is 0 Å². The molecule has 0 aliphatic heterocycles. The van der Waals surface area contributed by atoms with Crippen LogP contribution in [-0.4, -0.2) is 39.0 Å². The van der Waals surface area contributed by atoms with E-state index in [1.165, 1.54) is 23.1 Å². The van der Waals surface area contributed by atoms with Gasteiger partial charge in [-0.3, -0.25) is 4.79 Å². The number of aryl methyl sites for hydroxylation is 3. The molecule has 1 aliphatic carbocycles. The van der Waals surface area contributed by atoms with Gasteiger partial charge in [-0.15, -0.1) is 21.5 Å². The third-order valence-electron chi connectivity index (χ3n) is 5.47. The van der Waals surface area contributed by atoms with E-state index >= 15 is 0 Å². The monoisotopic (exact) mass is 500 g/mol. The number of fused-ring (bicyclic) bond motifs is 1. The Balaban J connectivity index is 1.36. The van der Waals surface area contributed by atoms with Crippen molar-refractivity contribution in [1.29, 1.82) is 0 Å². The molecule has 34 heavy (non-hydrogen) atoms. The maximum absolute atomic E-state index is 12.7. The molecule has 3 aromatic rings. The van der Waals surface area contributed by atoms with Crippen LogP contribution in [0.5, 0.6) is 5.75 Å². The highest BCUT2D eigenvalue weighted by Crippen LogP contribution is 2.39. The Bertz CT molecular complexity index is 1200. The van der Waals surface area contributed by atoms with E-state index in [1.807, 2.05) is 37.6 Å². The minimum absolute atomic E-state index is 0.148. The number of hydrogen-bond donors (Lipinski definition) is 1. The van der Waals surface area contributed by atoms with E-state index in [0.29, 0.717) is 28.2 Å². The van der Waals surface area contributed by atoms with Crippen molar-refractivity contribution in [2.24, 2.45) is 7.05 Å². The minimum atomic E-state index is -0.369. The van der Waals surface area contributed by atoms with E-state index in [2.05, 4.69) is 21.6 Å². The van der Waals surface area contributed by atoms with Crippen LogP contribution in [0.4, 0.5) is 5.00 Å². The van der Waals surface area contributed by atoms with Crippen LogP contribution in [0.15, 0.2) is 23.4 Å². The van der Waals surface area contributed by atoms with E-state index in [0.717, 1.165) is 46.6 Å². The molecule has 2 aromatic heterocycles. The predicted molar refractivity (Wildman–Crippen MR) is 133 cm³/mol. The second-order valence-electron chi connectivity index (χ2n) is 8.19. The van der Waals surface area contributed by atoms with Gasteiger partial charge in [-0.2, -0.15) is 0 Å². The van der Waals surface area contributed by atoms with Crippen LogP contribution in [-0.2, 0) is 36.0 Å². The highest BCUT2D eigenvalue weighted by molar-refractivity contribution is 7.99. The summed E-state index contributed by atoms with van der Waals surface area (Å²) in [5, 5.41) is 12.5. The van der Waals surface area contributed by atoms with Gasteiger partial charge >= 0.3 is 5.97 Å². The number of nitrogens with one attached hydrogen (secondary N) is 1. The Hall–Kier alpha value is -2.85. The summed E-state index contributed by atoms with van der Waals surface area (Å²) in [7, 11) is 1.85. The molecule has 0 saturated heterocycles. The number of thiophene rings is 1. The van der Waals surface area contributed by atoms with Crippen LogP contribution < -0.4 is 10.1 Å². The first kappa shape index (κ1) is 24.3. The Morgan fingerprint density at radius 3 is 2.68 bits per heavy atom. The van der Waals surface area contributed by atoms with E-state index in [9.17, 15) is 9.59 Å². The number of thioether (sulfide) groups is 1. The number of hydrogen-bond acceptors (Lipinski definition) is 8. The normalized spacial score (nSPS) is 12.5. The molecule has 1 N–H and O–H groups in total. The van der Waals surface area contributed by atoms with Gasteiger partial charge in [0.15, 0.2) is 11.0 Å². The van der Waals surface area contributed by atoms with Gasteiger partial charge in [0.25, 0.3) is 0 Å². The fourth-order valence-electron chi connectivity index (χ4n) is 3.96. The summed E-state index contributed by atoms with van der Waals surface area (Å²) in [4.78, 5) is 26.3. The molecule has 0 bridgehead atoms. The lowest BCUT2D eigenvalue weighted by molar-refractivity contribution is -0.113. The Morgan fingerprint density at radius 1 is 1.18 bits per heavy atom. The first-order chi connectivity index (χ1) is 16.4. The number of esters is 1. The first-order valence-electron chi connectivity index (χ1n) is 11.2. The van der Waals surface area contributed by atoms with E-state index < -0.39 is 0 Å². The summed E-state index contributed by atoms with van der Waals surface area (Å²) in [5.41, 5.74) is 3.81. The summed E-state index contributed by atoms with van der Waals surface area (Å²) in [6, 6.07) is 6.05. The Morgan fingerprint density at radius 2 is 1.94 bits per heavy atom. The van der Waals surface area contributed by atoms with Crippen molar-refractivity contribution in [3.05, 3.63) is 51.2 Å². The number of anilines is 1. The molecule has 0 fully saturated rings. The third kappa shape index (κ3) is 5.44. The van der Waals surface area contributed by atoms with Crippen LogP contribution >= 0.6 is 23.1 Å². The molecule has 180 valence electrons. The van der Waals surface area contributed by atoms with E-state index in [-0.39, 0.29) is 24.2 Å². The number of ether oxygens (including phenoxy) is 2. The number of nitrogens with zero attached hydrogens (tertiary/aromatic N) is 3. The molecule has 0 unspecified atom stereocenters. The number of aromatic nitrogens is 3. The molecule has 2 heterocycles. The summed E-state index contributed by atoms with van der Waals surface area (Å²) in [5.74, 6) is 1.03. The molecule has 0 radical (unpaired) electrons. The molecule has 0 spiro atoms. The molecule has 1 amide bonds. The fraction of sp³-hybridized carbons (Fsp3) is 0.417. The van der Waals surface area contributed by atoms with Crippen molar-refractivity contribution in [2.45, 2.75) is 51.8 Å². The summed E-state index contributed by atoms with van der Waals surface area (Å²) in [6.07, 6.45) is 2.80. The van der Waals surface area contributed by atoms with Gasteiger partial charge in [0.05, 0.1) is 17.9 Å².